The predicted molar refractivity (Wildman–Crippen MR) is 121 cm³/mol. The summed E-state index contributed by atoms with van der Waals surface area (Å²) in [6.07, 6.45) is 10.3. The molecular formula is C23H28N5O3+. The molecule has 0 saturated heterocycles. The van der Waals surface area contributed by atoms with Gasteiger partial charge in [-0.25, -0.2) is 9.78 Å². The minimum atomic E-state index is -0.0679. The normalized spacial score (nSPS) is 19.2. The summed E-state index contributed by atoms with van der Waals surface area (Å²) in [6, 6.07) is 7.35. The minimum Gasteiger partial charge on any atom is -0.442 e. The van der Waals surface area contributed by atoms with Crippen LogP contribution in [0.15, 0.2) is 47.5 Å². The number of aromatic nitrogens is 4. The first kappa shape index (κ1) is 21.0. The standard InChI is InChI=1S/C23H27N5O3/c1-27-20-9-8-18(3-2-14-29)25-21(20)28(23(27)31)15-16-4-6-17(7-5-16)22(30)26-19-10-12-24-13-11-19/h2-3,8-13,16-17,29H,4-7,14-15H2,1H3,(H,24,26,30)/p+1/b3-2+. The van der Waals surface area contributed by atoms with Crippen LogP contribution in [0.2, 0.25) is 0 Å². The molecule has 1 fully saturated rings. The van der Waals surface area contributed by atoms with E-state index >= 15 is 0 Å². The Labute approximate surface area is 180 Å². The van der Waals surface area contributed by atoms with E-state index in [1.807, 2.05) is 12.1 Å². The number of hydrogen-bond donors (Lipinski definition) is 1. The third-order valence-electron chi connectivity index (χ3n) is 6.02. The number of amides is 1. The monoisotopic (exact) mass is 422 g/mol. The number of hydrogen-bond acceptors (Lipinski definition) is 4. The highest BCUT2D eigenvalue weighted by atomic mass is 16.2. The van der Waals surface area contributed by atoms with E-state index in [0.29, 0.717) is 18.1 Å². The molecule has 0 unspecified atom stereocenters. The number of carbonyl (C=O) groups is 1. The zero-order chi connectivity index (χ0) is 21.8. The molecule has 1 amide bonds. The van der Waals surface area contributed by atoms with Crippen molar-refractivity contribution in [3.63, 3.8) is 0 Å². The van der Waals surface area contributed by atoms with Gasteiger partial charge >= 0.3 is 5.69 Å². The molecule has 8 heteroatoms. The molecule has 0 bridgehead atoms. The predicted octanol–water partition coefficient (Wildman–Crippen LogP) is 2.31. The van der Waals surface area contributed by atoms with Gasteiger partial charge in [0.2, 0.25) is 5.91 Å². The average molecular weight is 423 g/mol. The Balaban J connectivity index is 1.44. The van der Waals surface area contributed by atoms with Crippen LogP contribution in [0, 0.1) is 11.8 Å². The van der Waals surface area contributed by atoms with Crippen molar-refractivity contribution in [1.82, 2.24) is 19.1 Å². The molecule has 3 heterocycles. The molecule has 1 aliphatic rings. The lowest BCUT2D eigenvalue weighted by Crippen LogP contribution is -2.31. The van der Waals surface area contributed by atoms with Crippen LogP contribution in [-0.2, 0) is 18.4 Å². The molecule has 0 radical (unpaired) electrons. The lowest BCUT2D eigenvalue weighted by atomic mass is 9.81. The zero-order valence-electron chi connectivity index (χ0n) is 17.6. The lowest BCUT2D eigenvalue weighted by Gasteiger charge is -2.27. The van der Waals surface area contributed by atoms with Gasteiger partial charge in [0.1, 0.15) is 0 Å². The van der Waals surface area contributed by atoms with Gasteiger partial charge in [-0.3, -0.25) is 18.9 Å². The summed E-state index contributed by atoms with van der Waals surface area (Å²) in [5.41, 5.74) is 2.93. The largest absolute Gasteiger partial charge is 0.442 e. The van der Waals surface area contributed by atoms with Crippen LogP contribution in [0.25, 0.3) is 17.2 Å². The third-order valence-corrected chi connectivity index (χ3v) is 6.02. The van der Waals surface area contributed by atoms with Gasteiger partial charge in [-0.1, -0.05) is 0 Å². The molecule has 0 spiro atoms. The Hall–Kier alpha value is -3.26. The number of anilines is 1. The van der Waals surface area contributed by atoms with Crippen LogP contribution in [0.3, 0.4) is 0 Å². The molecule has 31 heavy (non-hydrogen) atoms. The molecule has 1 saturated carbocycles. The number of aryl methyl sites for hydroxylation is 1. The van der Waals surface area contributed by atoms with Crippen LogP contribution in [0.5, 0.6) is 0 Å². The van der Waals surface area contributed by atoms with E-state index in [4.69, 9.17) is 5.11 Å². The zero-order valence-corrected chi connectivity index (χ0v) is 17.6. The quantitative estimate of drug-likeness (QED) is 0.616. The van der Waals surface area contributed by atoms with E-state index in [2.05, 4.69) is 15.3 Å². The van der Waals surface area contributed by atoms with Gasteiger partial charge in [0, 0.05) is 37.6 Å². The first-order valence-electron chi connectivity index (χ1n) is 10.6. The van der Waals surface area contributed by atoms with E-state index in [1.54, 1.807) is 52.9 Å². The number of rotatable bonds is 6. The van der Waals surface area contributed by atoms with Crippen molar-refractivity contribution in [2.45, 2.75) is 32.2 Å². The third kappa shape index (κ3) is 4.59. The van der Waals surface area contributed by atoms with Crippen LogP contribution < -0.4 is 11.0 Å². The number of fused-ring (bicyclic) bond motifs is 1. The van der Waals surface area contributed by atoms with Gasteiger partial charge in [-0.15, -0.1) is 0 Å². The summed E-state index contributed by atoms with van der Waals surface area (Å²) in [7, 11) is 1.77. The molecule has 0 atom stereocenters. The van der Waals surface area contributed by atoms with E-state index in [-0.39, 0.29) is 24.1 Å². The Morgan fingerprint density at radius 1 is 1.19 bits per heavy atom. The van der Waals surface area contributed by atoms with Gasteiger partial charge in [0.15, 0.2) is 12.3 Å². The first-order valence-corrected chi connectivity index (χ1v) is 10.6. The number of nitrogens with zero attached hydrogens (tertiary/aromatic N) is 4. The highest BCUT2D eigenvalue weighted by Gasteiger charge is 2.27. The summed E-state index contributed by atoms with van der Waals surface area (Å²) in [5.74, 6) is 0.385. The molecule has 0 aromatic carbocycles. The fourth-order valence-corrected chi connectivity index (χ4v) is 4.27. The van der Waals surface area contributed by atoms with Crippen molar-refractivity contribution < 1.29 is 9.90 Å². The smallest absolute Gasteiger partial charge is 0.330 e. The Morgan fingerprint density at radius 2 is 1.94 bits per heavy atom. The van der Waals surface area contributed by atoms with E-state index in [9.17, 15) is 9.59 Å². The van der Waals surface area contributed by atoms with E-state index < -0.39 is 0 Å². The first-order chi connectivity index (χ1) is 15.1. The minimum absolute atomic E-state index is 0.00612. The molecule has 4 rings (SSSR count). The second-order valence-electron chi connectivity index (χ2n) is 8.08. The van der Waals surface area contributed by atoms with Gasteiger partial charge in [-0.2, -0.15) is 0 Å². The van der Waals surface area contributed by atoms with Gasteiger partial charge in [0.05, 0.1) is 11.2 Å². The molecule has 8 nitrogen and oxygen atoms in total. The Bertz CT molecular complexity index is 1140. The number of imidazole rings is 1. The highest BCUT2D eigenvalue weighted by molar-refractivity contribution is 5.92. The van der Waals surface area contributed by atoms with Crippen molar-refractivity contribution in [2.24, 2.45) is 18.9 Å². The second-order valence-corrected chi connectivity index (χ2v) is 8.08. The number of carbonyl (C=O) groups excluding carboxylic acids is 1. The lowest BCUT2D eigenvalue weighted by molar-refractivity contribution is -0.121. The SMILES string of the molecule is Cn1c(=O)n(CC2CCC(C(=O)Nc3ccncc3)CC2)c2nc(/C=C/C[OH2+])ccc21. The highest BCUT2D eigenvalue weighted by Crippen LogP contribution is 2.31. The van der Waals surface area contributed by atoms with Gasteiger partial charge in [0.25, 0.3) is 0 Å². The fraction of sp³-hybridized carbons (Fsp3) is 0.391. The summed E-state index contributed by atoms with van der Waals surface area (Å²) in [4.78, 5) is 34.0. The molecule has 1 aliphatic carbocycles. The summed E-state index contributed by atoms with van der Waals surface area (Å²) in [5, 5.41) is 10.2. The molecular weight excluding hydrogens is 394 g/mol. The summed E-state index contributed by atoms with van der Waals surface area (Å²) >= 11 is 0. The average Bonchev–Trinajstić information content (AvgIpc) is 3.03. The van der Waals surface area contributed by atoms with E-state index in [0.717, 1.165) is 42.6 Å². The fourth-order valence-electron chi connectivity index (χ4n) is 4.27. The van der Waals surface area contributed by atoms with Crippen molar-refractivity contribution in [1.29, 1.82) is 0 Å². The molecule has 3 N–H and O–H groups in total. The number of pyridine rings is 2. The molecule has 162 valence electrons. The van der Waals surface area contributed by atoms with Gasteiger partial charge < -0.3 is 10.4 Å². The Kier molecular flexibility index (Phi) is 6.27. The summed E-state index contributed by atoms with van der Waals surface area (Å²) in [6.45, 7) is 0.798. The van der Waals surface area contributed by atoms with Crippen molar-refractivity contribution in [2.75, 3.05) is 11.9 Å². The topological polar surface area (TPSA) is 105 Å². The maximum atomic E-state index is 12.8. The van der Waals surface area contributed by atoms with Crippen molar-refractivity contribution >= 4 is 28.8 Å². The van der Waals surface area contributed by atoms with Gasteiger partial charge in [-0.05, 0) is 68.0 Å². The Morgan fingerprint density at radius 3 is 2.65 bits per heavy atom. The van der Waals surface area contributed by atoms with Crippen LogP contribution in [-0.4, -0.2) is 36.7 Å². The molecule has 0 aliphatic heterocycles. The van der Waals surface area contributed by atoms with Crippen LogP contribution >= 0.6 is 0 Å². The van der Waals surface area contributed by atoms with E-state index in [1.165, 1.54) is 0 Å². The van der Waals surface area contributed by atoms with Crippen LogP contribution in [0.1, 0.15) is 31.4 Å². The molecule has 3 aromatic heterocycles. The maximum Gasteiger partial charge on any atom is 0.330 e. The maximum absolute atomic E-state index is 12.8. The second kappa shape index (κ2) is 9.26. The number of nitrogens with one attached hydrogen (secondary N) is 1. The van der Waals surface area contributed by atoms with Crippen molar-refractivity contribution in [3.05, 3.63) is 58.9 Å². The summed E-state index contributed by atoms with van der Waals surface area (Å²) < 4.78 is 3.39. The van der Waals surface area contributed by atoms with Crippen molar-refractivity contribution in [3.8, 4) is 0 Å². The van der Waals surface area contributed by atoms with Crippen LogP contribution in [0.4, 0.5) is 5.69 Å². The molecule has 3 aromatic rings.